The number of likely N-dealkylation sites (tertiary alicyclic amines) is 1. The van der Waals surface area contributed by atoms with Crippen molar-refractivity contribution in [3.63, 3.8) is 0 Å². The Labute approximate surface area is 206 Å². The summed E-state index contributed by atoms with van der Waals surface area (Å²) in [5.41, 5.74) is 0.916. The average Bonchev–Trinajstić information content (AvgIpc) is 3.49. The van der Waals surface area contributed by atoms with Gasteiger partial charge in [-0.25, -0.2) is 4.68 Å². The largest absolute Gasteiger partial charge is 0.484 e. The van der Waals surface area contributed by atoms with Crippen molar-refractivity contribution in [3.8, 4) is 5.75 Å². The zero-order valence-corrected chi connectivity index (χ0v) is 21.4. The van der Waals surface area contributed by atoms with Crippen LogP contribution in [-0.2, 0) is 20.9 Å². The summed E-state index contributed by atoms with van der Waals surface area (Å²) in [4.78, 5) is 28.0. The predicted octanol–water partition coefficient (Wildman–Crippen LogP) is 2.25. The summed E-state index contributed by atoms with van der Waals surface area (Å²) >= 11 is 0. The molecule has 10 heteroatoms. The number of amides is 2. The Kier molecular flexibility index (Phi) is 8.50. The molecule has 35 heavy (non-hydrogen) atoms. The molecule has 2 amide bonds. The summed E-state index contributed by atoms with van der Waals surface area (Å²) in [5.74, 6) is 0.246. The highest BCUT2D eigenvalue weighted by molar-refractivity contribution is 5.90. The van der Waals surface area contributed by atoms with Gasteiger partial charge >= 0.3 is 0 Å². The van der Waals surface area contributed by atoms with E-state index < -0.39 is 17.5 Å². The number of carbonyl (C=O) groups excluding carboxylic acids is 2. The summed E-state index contributed by atoms with van der Waals surface area (Å²) in [5, 5.41) is 20.6. The van der Waals surface area contributed by atoms with Crippen LogP contribution in [0.2, 0.25) is 0 Å². The third-order valence-electron chi connectivity index (χ3n) is 6.36. The Morgan fingerprint density at radius 2 is 1.94 bits per heavy atom. The van der Waals surface area contributed by atoms with Gasteiger partial charge in [0.05, 0.1) is 18.9 Å². The summed E-state index contributed by atoms with van der Waals surface area (Å²) in [6.07, 6.45) is 2.28. The van der Waals surface area contributed by atoms with Crippen LogP contribution in [0.15, 0.2) is 30.5 Å². The molecule has 2 aromatic rings. The lowest BCUT2D eigenvalue weighted by Gasteiger charge is -2.34. The predicted molar refractivity (Wildman–Crippen MR) is 130 cm³/mol. The summed E-state index contributed by atoms with van der Waals surface area (Å²) in [6, 6.07) is 5.95. The standard InChI is InChI=1S/C25H37N5O5/c1-7-21(35-17-10-8-16(15-31)9-11-17)19-14-30(28-27-19)22(25(2,3)4)24(33)29-13-18(34-6)12-20(29)23(32)26-5/h8-11,14,18,20-22,31H,7,12-13,15H2,1-6H3,(H,26,32). The lowest BCUT2D eigenvalue weighted by atomic mass is 9.85. The SMILES string of the molecule is CCC(Oc1ccc(CO)cc1)c1cn(C(C(=O)N2CC(OC)CC2C(=O)NC)C(C)(C)C)nn1. The molecular weight excluding hydrogens is 450 g/mol. The van der Waals surface area contributed by atoms with Gasteiger partial charge in [0.15, 0.2) is 0 Å². The van der Waals surface area contributed by atoms with E-state index in [9.17, 15) is 14.7 Å². The van der Waals surface area contributed by atoms with E-state index >= 15 is 0 Å². The van der Waals surface area contributed by atoms with Crippen LogP contribution in [0.5, 0.6) is 5.75 Å². The van der Waals surface area contributed by atoms with E-state index in [0.717, 1.165) is 5.56 Å². The molecule has 0 radical (unpaired) electrons. The van der Waals surface area contributed by atoms with Crippen LogP contribution in [0.4, 0.5) is 0 Å². The molecule has 0 bridgehead atoms. The molecule has 1 aromatic carbocycles. The first kappa shape index (κ1) is 26.6. The van der Waals surface area contributed by atoms with Gasteiger partial charge in [0.1, 0.15) is 29.6 Å². The molecule has 0 spiro atoms. The minimum Gasteiger partial charge on any atom is -0.484 e. The van der Waals surface area contributed by atoms with Crippen LogP contribution in [0, 0.1) is 5.41 Å². The molecule has 2 heterocycles. The molecule has 4 atom stereocenters. The average molecular weight is 488 g/mol. The van der Waals surface area contributed by atoms with Crippen molar-refractivity contribution >= 4 is 11.8 Å². The molecule has 4 unspecified atom stereocenters. The fourth-order valence-corrected chi connectivity index (χ4v) is 4.42. The van der Waals surface area contributed by atoms with Gasteiger partial charge in [-0.05, 0) is 29.5 Å². The minimum absolute atomic E-state index is 0.0308. The molecule has 10 nitrogen and oxygen atoms in total. The van der Waals surface area contributed by atoms with E-state index in [1.54, 1.807) is 54.2 Å². The third kappa shape index (κ3) is 5.99. The fourth-order valence-electron chi connectivity index (χ4n) is 4.42. The van der Waals surface area contributed by atoms with Gasteiger partial charge in [0.25, 0.3) is 0 Å². The van der Waals surface area contributed by atoms with Crippen LogP contribution in [0.1, 0.15) is 63.9 Å². The number of aromatic nitrogens is 3. The smallest absolute Gasteiger partial charge is 0.248 e. The molecule has 1 saturated heterocycles. The molecule has 2 N–H and O–H groups in total. The zero-order chi connectivity index (χ0) is 25.8. The number of likely N-dealkylation sites (N-methyl/N-ethyl adjacent to an activating group) is 1. The van der Waals surface area contributed by atoms with Crippen molar-refractivity contribution < 1.29 is 24.2 Å². The quantitative estimate of drug-likeness (QED) is 0.557. The zero-order valence-electron chi connectivity index (χ0n) is 21.4. The van der Waals surface area contributed by atoms with Crippen molar-refractivity contribution in [2.75, 3.05) is 20.7 Å². The number of hydrogen-bond donors (Lipinski definition) is 2. The second-order valence-electron chi connectivity index (χ2n) is 9.92. The number of hydrogen-bond acceptors (Lipinski definition) is 7. The first-order valence-electron chi connectivity index (χ1n) is 12.0. The van der Waals surface area contributed by atoms with Gasteiger partial charge in [-0.1, -0.05) is 45.0 Å². The second kappa shape index (κ2) is 11.2. The molecule has 1 aliphatic rings. The third-order valence-corrected chi connectivity index (χ3v) is 6.36. The molecule has 0 aliphatic carbocycles. The molecule has 3 rings (SSSR count). The Morgan fingerprint density at radius 3 is 2.49 bits per heavy atom. The summed E-state index contributed by atoms with van der Waals surface area (Å²) in [7, 11) is 3.16. The minimum atomic E-state index is -0.673. The second-order valence-corrected chi connectivity index (χ2v) is 9.92. The van der Waals surface area contributed by atoms with E-state index in [4.69, 9.17) is 9.47 Å². The number of rotatable bonds is 9. The van der Waals surface area contributed by atoms with Crippen LogP contribution in [-0.4, -0.2) is 69.7 Å². The maximum atomic E-state index is 13.8. The van der Waals surface area contributed by atoms with E-state index in [1.807, 2.05) is 27.7 Å². The maximum Gasteiger partial charge on any atom is 0.248 e. The number of aliphatic hydroxyl groups is 1. The Balaban J connectivity index is 1.86. The number of benzene rings is 1. The van der Waals surface area contributed by atoms with Crippen molar-refractivity contribution in [1.82, 2.24) is 25.2 Å². The highest BCUT2D eigenvalue weighted by Crippen LogP contribution is 2.35. The lowest BCUT2D eigenvalue weighted by molar-refractivity contribution is -0.144. The van der Waals surface area contributed by atoms with E-state index in [1.165, 1.54) is 0 Å². The van der Waals surface area contributed by atoms with Crippen molar-refractivity contribution in [2.45, 2.75) is 71.4 Å². The van der Waals surface area contributed by atoms with Crippen molar-refractivity contribution in [2.24, 2.45) is 5.41 Å². The van der Waals surface area contributed by atoms with Gasteiger partial charge < -0.3 is 24.8 Å². The lowest BCUT2D eigenvalue weighted by Crippen LogP contribution is -2.49. The van der Waals surface area contributed by atoms with E-state index in [-0.39, 0.29) is 30.6 Å². The van der Waals surface area contributed by atoms with Crippen molar-refractivity contribution in [1.29, 1.82) is 0 Å². The Hall–Kier alpha value is -2.98. The fraction of sp³-hybridized carbons (Fsp3) is 0.600. The molecule has 0 saturated carbocycles. The van der Waals surface area contributed by atoms with Gasteiger partial charge in [-0.15, -0.1) is 5.10 Å². The number of methoxy groups -OCH3 is 1. The molecule has 1 fully saturated rings. The van der Waals surface area contributed by atoms with Crippen LogP contribution in [0.3, 0.4) is 0 Å². The molecule has 192 valence electrons. The summed E-state index contributed by atoms with van der Waals surface area (Å²) in [6.45, 7) is 8.19. The maximum absolute atomic E-state index is 13.8. The number of aliphatic hydroxyl groups excluding tert-OH is 1. The number of carbonyl (C=O) groups is 2. The topological polar surface area (TPSA) is 119 Å². The monoisotopic (exact) mass is 487 g/mol. The van der Waals surface area contributed by atoms with Gasteiger partial charge in [-0.3, -0.25) is 9.59 Å². The molecule has 1 aromatic heterocycles. The molecule has 1 aliphatic heterocycles. The van der Waals surface area contributed by atoms with Crippen molar-refractivity contribution in [3.05, 3.63) is 41.7 Å². The Bertz CT molecular complexity index is 1000. The first-order valence-corrected chi connectivity index (χ1v) is 12.0. The van der Waals surface area contributed by atoms with Crippen LogP contribution < -0.4 is 10.1 Å². The normalized spacial score (nSPS) is 19.9. The number of nitrogens with zero attached hydrogens (tertiary/aromatic N) is 4. The van der Waals surface area contributed by atoms with E-state index in [0.29, 0.717) is 30.8 Å². The van der Waals surface area contributed by atoms with E-state index in [2.05, 4.69) is 15.6 Å². The van der Waals surface area contributed by atoms with Crippen LogP contribution >= 0.6 is 0 Å². The highest BCUT2D eigenvalue weighted by Gasteiger charge is 2.45. The molecular formula is C25H37N5O5. The van der Waals surface area contributed by atoms with Crippen LogP contribution in [0.25, 0.3) is 0 Å². The Morgan fingerprint density at radius 1 is 1.26 bits per heavy atom. The summed E-state index contributed by atoms with van der Waals surface area (Å²) < 4.78 is 13.2. The highest BCUT2D eigenvalue weighted by atomic mass is 16.5. The first-order chi connectivity index (χ1) is 16.6. The van der Waals surface area contributed by atoms with Gasteiger partial charge in [-0.2, -0.15) is 0 Å². The number of nitrogens with one attached hydrogen (secondary N) is 1. The van der Waals surface area contributed by atoms with Gasteiger partial charge in [0.2, 0.25) is 11.8 Å². The van der Waals surface area contributed by atoms with Gasteiger partial charge in [0, 0.05) is 27.1 Å². The number of ether oxygens (including phenoxy) is 2.